The minimum atomic E-state index is -0.935. The highest BCUT2D eigenvalue weighted by atomic mass is 35.5. The first-order chi connectivity index (χ1) is 18.5. The second kappa shape index (κ2) is 10.8. The van der Waals surface area contributed by atoms with E-state index in [0.717, 1.165) is 89.7 Å². The number of dihydropyridines is 1. The number of fused-ring (bicyclic) bond motifs is 1. The summed E-state index contributed by atoms with van der Waals surface area (Å²) in [6.45, 7) is 11.6. The number of benzene rings is 2. The largest absolute Gasteiger partial charge is 0.487 e. The maximum Gasteiger partial charge on any atom is 0.128 e. The van der Waals surface area contributed by atoms with Gasteiger partial charge in [0.05, 0.1) is 16.9 Å². The van der Waals surface area contributed by atoms with Crippen molar-refractivity contribution in [3.8, 4) is 5.75 Å². The number of nitrogens with zero attached hydrogens (tertiary/aromatic N) is 1. The summed E-state index contributed by atoms with van der Waals surface area (Å²) >= 11 is 6.16. The van der Waals surface area contributed by atoms with E-state index in [2.05, 4.69) is 46.6 Å². The SMILES string of the molecule is CC(C)(O)c1ccc2c(c1)/C(=C/CCN1CCC(c3ccc(Cl)cc3)(C(C)(C)O)CC1)C1=C(CO2)NCC=C1. The van der Waals surface area contributed by atoms with Crippen LogP contribution in [0.3, 0.4) is 0 Å². The molecule has 1 saturated heterocycles. The zero-order valence-electron chi connectivity index (χ0n) is 23.6. The van der Waals surface area contributed by atoms with Crippen molar-refractivity contribution in [3.63, 3.8) is 0 Å². The second-order valence-corrected chi connectivity index (χ2v) is 12.6. The van der Waals surface area contributed by atoms with Crippen LogP contribution >= 0.6 is 11.6 Å². The van der Waals surface area contributed by atoms with Crippen molar-refractivity contribution in [3.05, 3.63) is 93.7 Å². The highest BCUT2D eigenvalue weighted by Gasteiger charge is 2.47. The molecule has 6 heteroatoms. The van der Waals surface area contributed by atoms with Crippen molar-refractivity contribution in [2.24, 2.45) is 0 Å². The topological polar surface area (TPSA) is 65.0 Å². The van der Waals surface area contributed by atoms with Gasteiger partial charge in [0.15, 0.2) is 0 Å². The van der Waals surface area contributed by atoms with Gasteiger partial charge in [0.2, 0.25) is 0 Å². The van der Waals surface area contributed by atoms with Crippen LogP contribution in [0.4, 0.5) is 0 Å². The van der Waals surface area contributed by atoms with Crippen LogP contribution in [0.2, 0.25) is 5.02 Å². The van der Waals surface area contributed by atoms with Crippen LogP contribution < -0.4 is 10.1 Å². The van der Waals surface area contributed by atoms with E-state index in [0.29, 0.717) is 6.61 Å². The van der Waals surface area contributed by atoms with Crippen molar-refractivity contribution in [2.75, 3.05) is 32.8 Å². The Morgan fingerprint density at radius 1 is 1.05 bits per heavy atom. The number of hydrogen-bond donors (Lipinski definition) is 3. The maximum absolute atomic E-state index is 11.2. The lowest BCUT2D eigenvalue weighted by Crippen LogP contribution is -2.54. The quantitative estimate of drug-likeness (QED) is 0.416. The molecule has 3 heterocycles. The van der Waals surface area contributed by atoms with Crippen molar-refractivity contribution in [2.45, 2.75) is 63.6 Å². The van der Waals surface area contributed by atoms with Gasteiger partial charge in [-0.05, 0) is 101 Å². The van der Waals surface area contributed by atoms with Crippen LogP contribution in [-0.4, -0.2) is 53.5 Å². The molecule has 0 bridgehead atoms. The van der Waals surface area contributed by atoms with E-state index >= 15 is 0 Å². The number of allylic oxidation sites excluding steroid dienone is 3. The Morgan fingerprint density at radius 3 is 2.44 bits per heavy atom. The molecule has 0 saturated carbocycles. The van der Waals surface area contributed by atoms with E-state index in [4.69, 9.17) is 16.3 Å². The Morgan fingerprint density at radius 2 is 1.77 bits per heavy atom. The molecule has 2 aromatic carbocycles. The molecule has 0 atom stereocenters. The molecule has 3 aliphatic rings. The van der Waals surface area contributed by atoms with Crippen molar-refractivity contribution < 1.29 is 14.9 Å². The van der Waals surface area contributed by atoms with Gasteiger partial charge in [0, 0.05) is 34.7 Å². The highest BCUT2D eigenvalue weighted by Crippen LogP contribution is 2.45. The smallest absolute Gasteiger partial charge is 0.128 e. The molecule has 0 spiro atoms. The van der Waals surface area contributed by atoms with E-state index in [-0.39, 0.29) is 5.41 Å². The lowest BCUT2D eigenvalue weighted by atomic mass is 9.63. The molecule has 5 nitrogen and oxygen atoms in total. The fraction of sp³-hybridized carbons (Fsp3) is 0.455. The summed E-state index contributed by atoms with van der Waals surface area (Å²) in [6, 6.07) is 14.0. The van der Waals surface area contributed by atoms with E-state index in [1.807, 2.05) is 52.0 Å². The number of piperidine rings is 1. The highest BCUT2D eigenvalue weighted by molar-refractivity contribution is 6.30. The lowest BCUT2D eigenvalue weighted by Gasteiger charge is -2.49. The van der Waals surface area contributed by atoms with Crippen LogP contribution in [0.5, 0.6) is 5.75 Å². The molecule has 2 aromatic rings. The van der Waals surface area contributed by atoms with Gasteiger partial charge in [-0.3, -0.25) is 0 Å². The molecule has 0 amide bonds. The van der Waals surface area contributed by atoms with Gasteiger partial charge in [-0.25, -0.2) is 0 Å². The van der Waals surface area contributed by atoms with Crippen molar-refractivity contribution >= 4 is 17.2 Å². The normalized spacial score (nSPS) is 20.6. The van der Waals surface area contributed by atoms with Crippen LogP contribution in [0.1, 0.15) is 63.6 Å². The Kier molecular flexibility index (Phi) is 7.73. The third-order valence-corrected chi connectivity index (χ3v) is 9.00. The molecule has 1 fully saturated rings. The fourth-order valence-electron chi connectivity index (χ4n) is 6.27. The summed E-state index contributed by atoms with van der Waals surface area (Å²) in [6.07, 6.45) is 9.34. The molecule has 39 heavy (non-hydrogen) atoms. The minimum Gasteiger partial charge on any atom is -0.487 e. The third-order valence-electron chi connectivity index (χ3n) is 8.75. The molecule has 0 aliphatic carbocycles. The maximum atomic E-state index is 11.2. The summed E-state index contributed by atoms with van der Waals surface area (Å²) in [5, 5.41) is 26.1. The van der Waals surface area contributed by atoms with E-state index in [1.54, 1.807) is 0 Å². The van der Waals surface area contributed by atoms with Crippen molar-refractivity contribution in [1.29, 1.82) is 0 Å². The molecule has 0 aromatic heterocycles. The van der Waals surface area contributed by atoms with Gasteiger partial charge in [-0.1, -0.05) is 48.0 Å². The summed E-state index contributed by atoms with van der Waals surface area (Å²) in [5.41, 5.74) is 4.40. The van der Waals surface area contributed by atoms with Gasteiger partial charge >= 0.3 is 0 Å². The van der Waals surface area contributed by atoms with Crippen LogP contribution in [0.15, 0.2) is 72.0 Å². The second-order valence-electron chi connectivity index (χ2n) is 12.1. The third kappa shape index (κ3) is 5.69. The standard InChI is InChI=1S/C33H41ClN2O3/c1-31(2,37)24-11-14-30-28(21-24)26(27-7-5-17-35-29(27)22-39-30)8-6-18-36-19-15-33(16-20-36,32(3,4)38)23-9-12-25(34)13-10-23/h5,7-14,21,35,37-38H,6,15-20,22H2,1-4H3/b26-8+. The van der Waals surface area contributed by atoms with Crippen molar-refractivity contribution in [1.82, 2.24) is 10.2 Å². The summed E-state index contributed by atoms with van der Waals surface area (Å²) < 4.78 is 6.20. The zero-order valence-corrected chi connectivity index (χ0v) is 24.3. The molecule has 5 rings (SSSR count). The van der Waals surface area contributed by atoms with Crippen LogP contribution in [0.25, 0.3) is 5.57 Å². The number of rotatable bonds is 6. The van der Waals surface area contributed by atoms with E-state index < -0.39 is 11.2 Å². The van der Waals surface area contributed by atoms with Crippen LogP contribution in [-0.2, 0) is 11.0 Å². The summed E-state index contributed by atoms with van der Waals surface area (Å²) in [7, 11) is 0. The molecule has 3 aliphatic heterocycles. The Balaban J connectivity index is 1.36. The predicted molar refractivity (Wildman–Crippen MR) is 159 cm³/mol. The first-order valence-corrected chi connectivity index (χ1v) is 14.4. The van der Waals surface area contributed by atoms with E-state index in [9.17, 15) is 10.2 Å². The van der Waals surface area contributed by atoms with Gasteiger partial charge in [0.1, 0.15) is 12.4 Å². The monoisotopic (exact) mass is 548 g/mol. The molecular weight excluding hydrogens is 508 g/mol. The van der Waals surface area contributed by atoms with Gasteiger partial charge < -0.3 is 25.2 Å². The predicted octanol–water partition coefficient (Wildman–Crippen LogP) is 5.95. The van der Waals surface area contributed by atoms with E-state index in [1.165, 1.54) is 0 Å². The number of aliphatic hydroxyl groups is 2. The zero-order chi connectivity index (χ0) is 27.8. The summed E-state index contributed by atoms with van der Waals surface area (Å²) in [5.74, 6) is 0.842. The lowest BCUT2D eigenvalue weighted by molar-refractivity contribution is -0.0389. The Bertz CT molecular complexity index is 1290. The average Bonchev–Trinajstić information content (AvgIpc) is 3.05. The molecular formula is C33H41ClN2O3. The molecule has 3 N–H and O–H groups in total. The number of likely N-dealkylation sites (tertiary alicyclic amines) is 1. The molecule has 0 radical (unpaired) electrons. The Labute approximate surface area is 237 Å². The van der Waals surface area contributed by atoms with Gasteiger partial charge in [-0.2, -0.15) is 0 Å². The van der Waals surface area contributed by atoms with Crippen LogP contribution in [0, 0.1) is 0 Å². The molecule has 0 unspecified atom stereocenters. The number of hydrogen-bond acceptors (Lipinski definition) is 5. The minimum absolute atomic E-state index is 0.296. The fourth-order valence-corrected chi connectivity index (χ4v) is 6.40. The van der Waals surface area contributed by atoms with Gasteiger partial charge in [0.25, 0.3) is 0 Å². The first kappa shape index (κ1) is 28.0. The Hall–Kier alpha value is -2.57. The summed E-state index contributed by atoms with van der Waals surface area (Å²) in [4.78, 5) is 2.50. The molecule has 208 valence electrons. The number of ether oxygens (including phenoxy) is 1. The first-order valence-electron chi connectivity index (χ1n) is 14.0. The average molecular weight is 549 g/mol. The van der Waals surface area contributed by atoms with Gasteiger partial charge in [-0.15, -0.1) is 0 Å². The number of nitrogens with one attached hydrogen (secondary N) is 1. The number of halogens is 1.